The maximum Gasteiger partial charge on any atom is 0.310 e. The molecular formula is C25H29N5O3S. The van der Waals surface area contributed by atoms with Gasteiger partial charge in [0.2, 0.25) is 0 Å². The van der Waals surface area contributed by atoms with Crippen LogP contribution in [0.1, 0.15) is 41.4 Å². The van der Waals surface area contributed by atoms with Gasteiger partial charge in [0.1, 0.15) is 11.9 Å². The highest BCUT2D eigenvalue weighted by Crippen LogP contribution is 2.31. The number of nitrogens with one attached hydrogen (secondary N) is 2. The maximum atomic E-state index is 12.5. The van der Waals surface area contributed by atoms with Gasteiger partial charge < -0.3 is 14.4 Å². The summed E-state index contributed by atoms with van der Waals surface area (Å²) < 4.78 is 13.5. The standard InChI is InChI=1S/C25H29N5O3S/c1-34(33)28-25(32)22-7-6-20(15-26-22)29-12-9-19(10-13-29)30-11-8-18(16-30)23-14-17-4-2-3-5-21(17)24(31)27-23/h2-7,14-15,18-19H,8-13,16H2,1H3,(H,27,31)(H,28,32). The Balaban J connectivity index is 1.18. The number of amides is 1. The minimum Gasteiger partial charge on any atom is -0.593 e. The summed E-state index contributed by atoms with van der Waals surface area (Å²) >= 11 is -1.41. The first-order valence-corrected chi connectivity index (χ1v) is 13.2. The smallest absolute Gasteiger partial charge is 0.310 e. The van der Waals surface area contributed by atoms with Crippen LogP contribution in [-0.2, 0) is 11.4 Å². The Labute approximate surface area is 201 Å². The average molecular weight is 480 g/mol. The predicted octanol–water partition coefficient (Wildman–Crippen LogP) is 2.40. The Kier molecular flexibility index (Phi) is 6.58. The predicted molar refractivity (Wildman–Crippen MR) is 135 cm³/mol. The first kappa shape index (κ1) is 22.9. The number of hydrogen-bond donors (Lipinski definition) is 2. The van der Waals surface area contributed by atoms with Crippen LogP contribution in [0.25, 0.3) is 10.8 Å². The van der Waals surface area contributed by atoms with E-state index >= 15 is 0 Å². The van der Waals surface area contributed by atoms with Crippen LogP contribution in [0.4, 0.5) is 5.69 Å². The molecule has 0 bridgehead atoms. The summed E-state index contributed by atoms with van der Waals surface area (Å²) in [6.07, 6.45) is 6.33. The lowest BCUT2D eigenvalue weighted by Crippen LogP contribution is -2.44. The zero-order valence-electron chi connectivity index (χ0n) is 19.2. The fraction of sp³-hybridized carbons (Fsp3) is 0.400. The fourth-order valence-electron chi connectivity index (χ4n) is 5.20. The summed E-state index contributed by atoms with van der Waals surface area (Å²) in [6.45, 7) is 3.90. The van der Waals surface area contributed by atoms with Crippen molar-refractivity contribution < 1.29 is 9.35 Å². The van der Waals surface area contributed by atoms with Crippen molar-refractivity contribution in [3.63, 3.8) is 0 Å². The van der Waals surface area contributed by atoms with Crippen molar-refractivity contribution >= 4 is 33.7 Å². The lowest BCUT2D eigenvalue weighted by Gasteiger charge is -2.37. The number of carbonyl (C=O) groups is 1. The number of anilines is 1. The molecule has 1 aromatic carbocycles. The molecule has 178 valence electrons. The molecule has 2 unspecified atom stereocenters. The second-order valence-electron chi connectivity index (χ2n) is 9.13. The van der Waals surface area contributed by atoms with E-state index in [9.17, 15) is 14.1 Å². The molecule has 4 heterocycles. The average Bonchev–Trinajstić information content (AvgIpc) is 3.34. The zero-order chi connectivity index (χ0) is 23.7. The van der Waals surface area contributed by atoms with E-state index in [1.54, 1.807) is 12.3 Å². The number of benzene rings is 1. The van der Waals surface area contributed by atoms with Crippen molar-refractivity contribution in [2.45, 2.75) is 31.2 Å². The van der Waals surface area contributed by atoms with Gasteiger partial charge in [0.15, 0.2) is 0 Å². The summed E-state index contributed by atoms with van der Waals surface area (Å²) in [6, 6.07) is 14.0. The van der Waals surface area contributed by atoms with E-state index in [2.05, 4.69) is 30.6 Å². The van der Waals surface area contributed by atoms with Crippen LogP contribution in [0, 0.1) is 0 Å². The van der Waals surface area contributed by atoms with Crippen LogP contribution >= 0.6 is 0 Å². The van der Waals surface area contributed by atoms with Crippen LogP contribution in [-0.4, -0.2) is 63.8 Å². The van der Waals surface area contributed by atoms with Crippen molar-refractivity contribution in [1.29, 1.82) is 0 Å². The Bertz CT molecular complexity index is 1220. The molecule has 2 saturated heterocycles. The van der Waals surface area contributed by atoms with E-state index < -0.39 is 17.3 Å². The Morgan fingerprint density at radius 2 is 1.94 bits per heavy atom. The van der Waals surface area contributed by atoms with Crippen molar-refractivity contribution in [2.75, 3.05) is 37.3 Å². The lowest BCUT2D eigenvalue weighted by molar-refractivity contribution is 0.0976. The molecule has 2 atom stereocenters. The molecule has 2 aliphatic rings. The highest BCUT2D eigenvalue weighted by Gasteiger charge is 2.32. The van der Waals surface area contributed by atoms with Gasteiger partial charge in [-0.15, -0.1) is 0 Å². The summed E-state index contributed by atoms with van der Waals surface area (Å²) in [4.78, 5) is 36.7. The van der Waals surface area contributed by atoms with E-state index in [1.807, 2.05) is 30.3 Å². The molecule has 0 spiro atoms. The van der Waals surface area contributed by atoms with Gasteiger partial charge in [-0.2, -0.15) is 4.72 Å². The van der Waals surface area contributed by atoms with Gasteiger partial charge in [-0.3, -0.25) is 14.5 Å². The third kappa shape index (κ3) is 4.82. The molecule has 1 amide bonds. The molecule has 2 aromatic heterocycles. The topological polar surface area (TPSA) is 104 Å². The Hall–Kier alpha value is -2.88. The summed E-state index contributed by atoms with van der Waals surface area (Å²) in [7, 11) is 0. The number of H-pyrrole nitrogens is 1. The number of nitrogens with zero attached hydrogens (tertiary/aromatic N) is 3. The molecule has 3 aromatic rings. The summed E-state index contributed by atoms with van der Waals surface area (Å²) in [5, 5.41) is 1.75. The van der Waals surface area contributed by atoms with Gasteiger partial charge >= 0.3 is 5.91 Å². The third-order valence-corrected chi connectivity index (χ3v) is 7.47. The molecule has 2 N–H and O–H groups in total. The number of piperidine rings is 1. The number of aromatic amines is 1. The number of fused-ring (bicyclic) bond motifs is 1. The minimum atomic E-state index is -1.41. The quantitative estimate of drug-likeness (QED) is 0.545. The molecule has 8 nitrogen and oxygen atoms in total. The number of pyridine rings is 2. The van der Waals surface area contributed by atoms with Crippen LogP contribution in [0.2, 0.25) is 0 Å². The van der Waals surface area contributed by atoms with Crippen LogP contribution < -0.4 is 15.2 Å². The maximum absolute atomic E-state index is 12.5. The van der Waals surface area contributed by atoms with Gasteiger partial charge in [-0.1, -0.05) is 18.2 Å². The van der Waals surface area contributed by atoms with Crippen LogP contribution in [0.5, 0.6) is 0 Å². The SMILES string of the molecule is C[S+]([O-])NC(=O)c1ccc(N2CCC(N3CCC(c4cc5ccccc5c(=O)[nH]4)C3)CC2)cn1. The molecule has 5 rings (SSSR count). The van der Waals surface area contributed by atoms with Gasteiger partial charge in [0, 0.05) is 42.7 Å². The van der Waals surface area contributed by atoms with Gasteiger partial charge in [-0.25, -0.2) is 4.98 Å². The lowest BCUT2D eigenvalue weighted by atomic mass is 10.0. The Morgan fingerprint density at radius 3 is 2.68 bits per heavy atom. The fourth-order valence-corrected chi connectivity index (χ4v) is 5.57. The van der Waals surface area contributed by atoms with Crippen molar-refractivity contribution in [2.24, 2.45) is 0 Å². The largest absolute Gasteiger partial charge is 0.593 e. The van der Waals surface area contributed by atoms with Crippen molar-refractivity contribution in [1.82, 2.24) is 19.6 Å². The highest BCUT2D eigenvalue weighted by atomic mass is 32.2. The Morgan fingerprint density at radius 1 is 1.15 bits per heavy atom. The number of aromatic nitrogens is 2. The third-order valence-electron chi connectivity index (χ3n) is 7.00. The highest BCUT2D eigenvalue weighted by molar-refractivity contribution is 7.89. The molecule has 0 radical (unpaired) electrons. The molecule has 9 heteroatoms. The zero-order valence-corrected chi connectivity index (χ0v) is 20.0. The molecule has 2 fully saturated rings. The van der Waals surface area contributed by atoms with E-state index in [1.165, 1.54) is 6.26 Å². The van der Waals surface area contributed by atoms with Crippen LogP contribution in [0.3, 0.4) is 0 Å². The molecule has 34 heavy (non-hydrogen) atoms. The first-order valence-electron chi connectivity index (χ1n) is 11.7. The van der Waals surface area contributed by atoms with E-state index in [0.29, 0.717) is 12.0 Å². The minimum absolute atomic E-state index is 0.0000723. The second kappa shape index (κ2) is 9.77. The van der Waals surface area contributed by atoms with E-state index in [4.69, 9.17) is 0 Å². The molecule has 0 aliphatic carbocycles. The number of carbonyl (C=O) groups excluding carboxylic acids is 1. The normalized spacial score (nSPS) is 20.5. The van der Waals surface area contributed by atoms with Crippen LogP contribution in [0.15, 0.2) is 53.5 Å². The second-order valence-corrected chi connectivity index (χ2v) is 10.2. The van der Waals surface area contributed by atoms with E-state index in [0.717, 1.165) is 67.6 Å². The summed E-state index contributed by atoms with van der Waals surface area (Å²) in [5.74, 6) is -0.0712. The number of likely N-dealkylation sites (tertiary alicyclic amines) is 1. The number of rotatable bonds is 5. The first-order chi connectivity index (χ1) is 16.5. The molecule has 0 saturated carbocycles. The molecule has 2 aliphatic heterocycles. The number of hydrogen-bond acceptors (Lipinski definition) is 6. The van der Waals surface area contributed by atoms with Gasteiger partial charge in [0.05, 0.1) is 23.2 Å². The van der Waals surface area contributed by atoms with Crippen molar-refractivity contribution in [3.05, 3.63) is 70.4 Å². The van der Waals surface area contributed by atoms with Crippen molar-refractivity contribution in [3.8, 4) is 0 Å². The van der Waals surface area contributed by atoms with E-state index in [-0.39, 0.29) is 11.3 Å². The molecular weight excluding hydrogens is 450 g/mol. The summed E-state index contributed by atoms with van der Waals surface area (Å²) in [5.41, 5.74) is 2.31. The van der Waals surface area contributed by atoms with Gasteiger partial charge in [-0.05, 0) is 55.5 Å². The van der Waals surface area contributed by atoms with Gasteiger partial charge in [0.25, 0.3) is 5.56 Å². The monoisotopic (exact) mass is 479 g/mol.